The van der Waals surface area contributed by atoms with Crippen LogP contribution in [0.1, 0.15) is 52.9 Å². The summed E-state index contributed by atoms with van der Waals surface area (Å²) < 4.78 is 0. The molecular weight excluding hydrogens is 184 g/mol. The Kier molecular flexibility index (Phi) is 2.74. The summed E-state index contributed by atoms with van der Waals surface area (Å²) >= 11 is 0. The summed E-state index contributed by atoms with van der Waals surface area (Å²) in [6.07, 6.45) is 7.79. The Labute approximate surface area is 92.9 Å². The first-order valence-electron chi connectivity index (χ1n) is 6.28. The minimum atomic E-state index is 0.334. The molecule has 2 atom stereocenters. The van der Waals surface area contributed by atoms with Gasteiger partial charge in [0.1, 0.15) is 0 Å². The number of allylic oxidation sites excluding steroid dienone is 2. The van der Waals surface area contributed by atoms with Crippen LogP contribution in [0.5, 0.6) is 0 Å². The highest BCUT2D eigenvalue weighted by molar-refractivity contribution is 5.92. The van der Waals surface area contributed by atoms with Gasteiger partial charge in [0.25, 0.3) is 0 Å². The summed E-state index contributed by atoms with van der Waals surface area (Å²) in [6.45, 7) is 6.91. The van der Waals surface area contributed by atoms with E-state index >= 15 is 0 Å². The Bertz CT molecular complexity index is 300. The second-order valence-electron chi connectivity index (χ2n) is 5.82. The van der Waals surface area contributed by atoms with Gasteiger partial charge >= 0.3 is 0 Å². The van der Waals surface area contributed by atoms with Gasteiger partial charge in [0.05, 0.1) is 0 Å². The smallest absolute Gasteiger partial charge is 0.155 e. The monoisotopic (exact) mass is 206 g/mol. The number of rotatable bonds is 1. The van der Waals surface area contributed by atoms with Gasteiger partial charge < -0.3 is 0 Å². The van der Waals surface area contributed by atoms with E-state index in [1.165, 1.54) is 24.8 Å². The zero-order valence-electron chi connectivity index (χ0n) is 10.2. The Balaban J connectivity index is 2.36. The zero-order valence-corrected chi connectivity index (χ0v) is 10.2. The van der Waals surface area contributed by atoms with Crippen molar-refractivity contribution in [3.05, 3.63) is 11.6 Å². The molecule has 15 heavy (non-hydrogen) atoms. The number of ketones is 1. The number of carbonyl (C=O) groups is 1. The van der Waals surface area contributed by atoms with Gasteiger partial charge in [0.2, 0.25) is 0 Å². The van der Waals surface area contributed by atoms with Crippen LogP contribution in [-0.4, -0.2) is 5.78 Å². The first-order chi connectivity index (χ1) is 7.04. The molecule has 1 fully saturated rings. The van der Waals surface area contributed by atoms with E-state index < -0.39 is 0 Å². The Hall–Kier alpha value is -0.590. The fraction of sp³-hybridized carbons (Fsp3) is 0.786. The maximum atomic E-state index is 11.7. The van der Waals surface area contributed by atoms with Crippen molar-refractivity contribution in [1.82, 2.24) is 0 Å². The molecular formula is C14H22O. The van der Waals surface area contributed by atoms with E-state index in [1.54, 1.807) is 0 Å². The molecule has 0 N–H and O–H groups in total. The van der Waals surface area contributed by atoms with Crippen LogP contribution in [-0.2, 0) is 4.79 Å². The summed E-state index contributed by atoms with van der Waals surface area (Å²) in [5, 5.41) is 0. The molecule has 2 rings (SSSR count). The summed E-state index contributed by atoms with van der Waals surface area (Å²) in [6, 6.07) is 0. The first-order valence-corrected chi connectivity index (χ1v) is 6.28. The summed E-state index contributed by atoms with van der Waals surface area (Å²) in [4.78, 5) is 11.7. The number of carbonyl (C=O) groups excluding carboxylic acids is 1. The molecule has 1 heteroatoms. The Morgan fingerprint density at radius 3 is 2.80 bits per heavy atom. The van der Waals surface area contributed by atoms with E-state index in [2.05, 4.69) is 20.8 Å². The number of fused-ring (bicyclic) bond motifs is 1. The quantitative estimate of drug-likeness (QED) is 0.638. The SMILES string of the molecule is CC(C)[C@H]1CC(=O)C=C2CCCC[C@@]21C. The third-order valence-corrected chi connectivity index (χ3v) is 4.51. The molecule has 0 aromatic carbocycles. The largest absolute Gasteiger partial charge is 0.295 e. The van der Waals surface area contributed by atoms with Gasteiger partial charge in [-0.25, -0.2) is 0 Å². The van der Waals surface area contributed by atoms with Crippen molar-refractivity contribution in [1.29, 1.82) is 0 Å². The molecule has 1 saturated carbocycles. The highest BCUT2D eigenvalue weighted by Crippen LogP contribution is 2.52. The lowest BCUT2D eigenvalue weighted by molar-refractivity contribution is -0.118. The highest BCUT2D eigenvalue weighted by atomic mass is 16.1. The van der Waals surface area contributed by atoms with Gasteiger partial charge in [-0.2, -0.15) is 0 Å². The summed E-state index contributed by atoms with van der Waals surface area (Å²) in [7, 11) is 0. The highest BCUT2D eigenvalue weighted by Gasteiger charge is 2.43. The second-order valence-corrected chi connectivity index (χ2v) is 5.82. The van der Waals surface area contributed by atoms with Crippen molar-refractivity contribution < 1.29 is 4.79 Å². The fourth-order valence-corrected chi connectivity index (χ4v) is 3.58. The van der Waals surface area contributed by atoms with Crippen LogP contribution in [0.2, 0.25) is 0 Å². The van der Waals surface area contributed by atoms with E-state index in [-0.39, 0.29) is 0 Å². The molecule has 0 unspecified atom stereocenters. The summed E-state index contributed by atoms with van der Waals surface area (Å²) in [5.41, 5.74) is 1.78. The van der Waals surface area contributed by atoms with Gasteiger partial charge in [0.15, 0.2) is 5.78 Å². The van der Waals surface area contributed by atoms with Crippen LogP contribution in [0.25, 0.3) is 0 Å². The Morgan fingerprint density at radius 2 is 2.13 bits per heavy atom. The molecule has 0 aromatic rings. The van der Waals surface area contributed by atoms with Crippen LogP contribution < -0.4 is 0 Å². The number of hydrogen-bond acceptors (Lipinski definition) is 1. The molecule has 0 heterocycles. The van der Waals surface area contributed by atoms with Gasteiger partial charge in [-0.3, -0.25) is 4.79 Å². The summed E-state index contributed by atoms with van der Waals surface area (Å²) in [5.74, 6) is 1.56. The van der Waals surface area contributed by atoms with Crippen molar-refractivity contribution in [3.8, 4) is 0 Å². The molecule has 0 aromatic heterocycles. The lowest BCUT2D eigenvalue weighted by Gasteiger charge is -2.47. The lowest BCUT2D eigenvalue weighted by Crippen LogP contribution is -2.39. The molecule has 0 radical (unpaired) electrons. The molecule has 0 saturated heterocycles. The average Bonchev–Trinajstić information content (AvgIpc) is 2.17. The van der Waals surface area contributed by atoms with Crippen LogP contribution in [0.15, 0.2) is 11.6 Å². The van der Waals surface area contributed by atoms with Crippen molar-refractivity contribution in [2.75, 3.05) is 0 Å². The van der Waals surface area contributed by atoms with Gasteiger partial charge in [0, 0.05) is 6.42 Å². The van der Waals surface area contributed by atoms with E-state index in [1.807, 2.05) is 6.08 Å². The topological polar surface area (TPSA) is 17.1 Å². The van der Waals surface area contributed by atoms with Gasteiger partial charge in [-0.1, -0.05) is 32.8 Å². The van der Waals surface area contributed by atoms with E-state index in [0.717, 1.165) is 12.8 Å². The first kappa shape index (κ1) is 10.9. The third-order valence-electron chi connectivity index (χ3n) is 4.51. The van der Waals surface area contributed by atoms with E-state index in [0.29, 0.717) is 23.0 Å². The van der Waals surface area contributed by atoms with Gasteiger partial charge in [-0.15, -0.1) is 0 Å². The second kappa shape index (κ2) is 3.77. The van der Waals surface area contributed by atoms with Crippen LogP contribution in [0.4, 0.5) is 0 Å². The molecule has 84 valence electrons. The maximum Gasteiger partial charge on any atom is 0.155 e. The molecule has 0 bridgehead atoms. The van der Waals surface area contributed by atoms with Crippen molar-refractivity contribution >= 4 is 5.78 Å². The standard InChI is InChI=1S/C14H22O/c1-10(2)13-9-12(15)8-11-6-4-5-7-14(11,13)3/h8,10,13H,4-7,9H2,1-3H3/t13-,14+/m1/s1. The zero-order chi connectivity index (χ0) is 11.1. The lowest BCUT2D eigenvalue weighted by atomic mass is 9.57. The molecule has 0 spiro atoms. The molecule has 0 amide bonds. The average molecular weight is 206 g/mol. The molecule has 0 aliphatic heterocycles. The van der Waals surface area contributed by atoms with Gasteiger partial charge in [-0.05, 0) is 42.6 Å². The van der Waals surface area contributed by atoms with Crippen LogP contribution in [0, 0.1) is 17.3 Å². The normalized spacial score (nSPS) is 36.4. The fourth-order valence-electron chi connectivity index (χ4n) is 3.58. The minimum absolute atomic E-state index is 0.334. The minimum Gasteiger partial charge on any atom is -0.295 e. The third kappa shape index (κ3) is 1.77. The van der Waals surface area contributed by atoms with E-state index in [4.69, 9.17) is 0 Å². The predicted molar refractivity (Wildman–Crippen MR) is 62.6 cm³/mol. The molecule has 2 aliphatic rings. The van der Waals surface area contributed by atoms with Crippen LogP contribution in [0.3, 0.4) is 0 Å². The number of hydrogen-bond donors (Lipinski definition) is 0. The van der Waals surface area contributed by atoms with Crippen LogP contribution >= 0.6 is 0 Å². The van der Waals surface area contributed by atoms with Crippen molar-refractivity contribution in [2.24, 2.45) is 17.3 Å². The van der Waals surface area contributed by atoms with Crippen molar-refractivity contribution in [3.63, 3.8) is 0 Å². The maximum absolute atomic E-state index is 11.7. The molecule has 1 nitrogen and oxygen atoms in total. The Morgan fingerprint density at radius 1 is 1.40 bits per heavy atom. The predicted octanol–water partition coefficient (Wildman–Crippen LogP) is 3.74. The van der Waals surface area contributed by atoms with Crippen molar-refractivity contribution in [2.45, 2.75) is 52.9 Å². The molecule has 2 aliphatic carbocycles. The van der Waals surface area contributed by atoms with E-state index in [9.17, 15) is 4.79 Å².